The lowest BCUT2D eigenvalue weighted by molar-refractivity contribution is -0.154. The third-order valence-electron chi connectivity index (χ3n) is 10.1. The Kier molecular flexibility index (Phi) is 30.8. The van der Waals surface area contributed by atoms with Crippen molar-refractivity contribution in [2.24, 2.45) is 16.7 Å². The van der Waals surface area contributed by atoms with Crippen molar-refractivity contribution in [1.29, 1.82) is 0 Å². The number of rotatable bonds is 36. The van der Waals surface area contributed by atoms with Gasteiger partial charge in [0.15, 0.2) is 0 Å². The highest BCUT2D eigenvalue weighted by atomic mass is 16.5. The second-order valence-corrected chi connectivity index (χ2v) is 16.9. The van der Waals surface area contributed by atoms with E-state index in [0.717, 1.165) is 96.2 Å². The van der Waals surface area contributed by atoms with Crippen molar-refractivity contribution in [3.8, 4) is 0 Å². The average Bonchev–Trinajstić information content (AvgIpc) is 3.05. The molecule has 0 rings (SSSR count). The normalized spacial score (nSPS) is 12.3. The van der Waals surface area contributed by atoms with E-state index in [1.807, 2.05) is 13.8 Å². The van der Waals surface area contributed by atoms with Crippen LogP contribution in [0, 0.1) is 16.7 Å². The van der Waals surface area contributed by atoms with Crippen LogP contribution in [0.3, 0.4) is 0 Å². The van der Waals surface area contributed by atoms with Gasteiger partial charge >= 0.3 is 11.9 Å². The van der Waals surface area contributed by atoms with Crippen LogP contribution in [-0.4, -0.2) is 61.4 Å². The first-order valence-corrected chi connectivity index (χ1v) is 21.1. The highest BCUT2D eigenvalue weighted by molar-refractivity contribution is 5.75. The first-order valence-electron chi connectivity index (χ1n) is 21.1. The quantitative estimate of drug-likeness (QED) is 0.0519. The van der Waals surface area contributed by atoms with E-state index in [2.05, 4.69) is 39.5 Å². The van der Waals surface area contributed by atoms with Crippen LogP contribution in [0.4, 0.5) is 0 Å². The molecule has 6 nitrogen and oxygen atoms in total. The van der Waals surface area contributed by atoms with E-state index in [1.54, 1.807) is 0 Å². The van der Waals surface area contributed by atoms with Crippen molar-refractivity contribution in [2.45, 2.75) is 209 Å². The summed E-state index contributed by atoms with van der Waals surface area (Å²) >= 11 is 0. The lowest BCUT2D eigenvalue weighted by atomic mass is 9.87. The second-order valence-electron chi connectivity index (χ2n) is 16.9. The summed E-state index contributed by atoms with van der Waals surface area (Å²) < 4.78 is 11.3. The number of unbranched alkanes of at least 4 members (excludes halogenated alkanes) is 16. The number of aliphatic hydroxyl groups is 1. The third-order valence-corrected chi connectivity index (χ3v) is 10.1. The van der Waals surface area contributed by atoms with Gasteiger partial charge in [0.1, 0.15) is 0 Å². The molecule has 0 saturated carbocycles. The van der Waals surface area contributed by atoms with Crippen LogP contribution in [-0.2, 0) is 19.1 Å². The molecule has 0 saturated heterocycles. The molecular formula is C43H85NO5. The minimum Gasteiger partial charge on any atom is -0.465 e. The van der Waals surface area contributed by atoms with E-state index in [0.29, 0.717) is 19.6 Å². The molecule has 0 aliphatic carbocycles. The Labute approximate surface area is 305 Å². The molecule has 0 radical (unpaired) electrons. The van der Waals surface area contributed by atoms with E-state index in [4.69, 9.17) is 9.47 Å². The summed E-state index contributed by atoms with van der Waals surface area (Å²) in [5.74, 6) is 0.724. The lowest BCUT2D eigenvalue weighted by Gasteiger charge is -2.25. The van der Waals surface area contributed by atoms with Crippen molar-refractivity contribution in [3.05, 3.63) is 0 Å². The number of nitrogens with zero attached hydrogens (tertiary/aromatic N) is 1. The topological polar surface area (TPSA) is 76.1 Å². The molecule has 0 unspecified atom stereocenters. The SMILES string of the molecule is CCCCCCCCCC(=O)OCC(C)(C)CCCCCN(CCCCO)CCCCCCC(C)(C)C(=O)OCCCCCCCC(C)C. The highest BCUT2D eigenvalue weighted by Gasteiger charge is 2.28. The van der Waals surface area contributed by atoms with Crippen LogP contribution in [0.15, 0.2) is 0 Å². The summed E-state index contributed by atoms with van der Waals surface area (Å²) in [5, 5.41) is 9.28. The Morgan fingerprint density at radius 3 is 1.76 bits per heavy atom. The molecule has 0 aromatic heterocycles. The Balaban J connectivity index is 4.12. The Hall–Kier alpha value is -1.14. The van der Waals surface area contributed by atoms with Gasteiger partial charge in [-0.3, -0.25) is 9.59 Å². The summed E-state index contributed by atoms with van der Waals surface area (Å²) in [4.78, 5) is 27.5. The van der Waals surface area contributed by atoms with Crippen molar-refractivity contribution in [1.82, 2.24) is 4.90 Å². The number of hydrogen-bond donors (Lipinski definition) is 1. The highest BCUT2D eigenvalue weighted by Crippen LogP contribution is 2.27. The van der Waals surface area contributed by atoms with Crippen molar-refractivity contribution in [3.63, 3.8) is 0 Å². The Bertz CT molecular complexity index is 765. The predicted octanol–water partition coefficient (Wildman–Crippen LogP) is 11.8. The first-order chi connectivity index (χ1) is 23.4. The summed E-state index contributed by atoms with van der Waals surface area (Å²) in [7, 11) is 0. The van der Waals surface area contributed by atoms with Gasteiger partial charge in [-0.05, 0) is 96.2 Å². The molecule has 0 aliphatic heterocycles. The van der Waals surface area contributed by atoms with Crippen LogP contribution >= 0.6 is 0 Å². The van der Waals surface area contributed by atoms with Crippen molar-refractivity contribution < 1.29 is 24.2 Å². The number of aliphatic hydroxyl groups excluding tert-OH is 1. The van der Waals surface area contributed by atoms with Gasteiger partial charge in [0.05, 0.1) is 18.6 Å². The molecule has 0 amide bonds. The van der Waals surface area contributed by atoms with Crippen molar-refractivity contribution in [2.75, 3.05) is 39.5 Å². The van der Waals surface area contributed by atoms with Gasteiger partial charge in [-0.1, -0.05) is 137 Å². The Morgan fingerprint density at radius 2 is 1.12 bits per heavy atom. The predicted molar refractivity (Wildman–Crippen MR) is 209 cm³/mol. The van der Waals surface area contributed by atoms with Gasteiger partial charge in [0.2, 0.25) is 0 Å². The fourth-order valence-electron chi connectivity index (χ4n) is 6.45. The van der Waals surface area contributed by atoms with Crippen molar-refractivity contribution >= 4 is 11.9 Å². The summed E-state index contributed by atoms with van der Waals surface area (Å²) in [6, 6.07) is 0. The molecule has 0 atom stereocenters. The van der Waals surface area contributed by atoms with E-state index >= 15 is 0 Å². The number of hydrogen-bond acceptors (Lipinski definition) is 6. The zero-order chi connectivity index (χ0) is 36.6. The van der Waals surface area contributed by atoms with E-state index in [9.17, 15) is 14.7 Å². The van der Waals surface area contributed by atoms with E-state index < -0.39 is 5.41 Å². The van der Waals surface area contributed by atoms with Gasteiger partial charge in [-0.2, -0.15) is 0 Å². The maximum absolute atomic E-state index is 12.7. The number of esters is 2. The van der Waals surface area contributed by atoms with Gasteiger partial charge in [-0.15, -0.1) is 0 Å². The third kappa shape index (κ3) is 31.3. The van der Waals surface area contributed by atoms with Crippen LogP contribution in [0.5, 0.6) is 0 Å². The minimum atomic E-state index is -0.406. The van der Waals surface area contributed by atoms with Gasteiger partial charge in [0, 0.05) is 13.0 Å². The molecule has 292 valence electrons. The number of carbonyl (C=O) groups is 2. The smallest absolute Gasteiger partial charge is 0.311 e. The molecular weight excluding hydrogens is 610 g/mol. The number of ether oxygens (including phenoxy) is 2. The molecule has 0 aliphatic rings. The Morgan fingerprint density at radius 1 is 0.612 bits per heavy atom. The fourth-order valence-corrected chi connectivity index (χ4v) is 6.45. The van der Waals surface area contributed by atoms with E-state index in [-0.39, 0.29) is 24.0 Å². The zero-order valence-electron chi connectivity index (χ0n) is 34.0. The average molecular weight is 696 g/mol. The molecule has 1 N–H and O–H groups in total. The fraction of sp³-hybridized carbons (Fsp3) is 0.953. The van der Waals surface area contributed by atoms with Gasteiger partial charge in [0.25, 0.3) is 0 Å². The summed E-state index contributed by atoms with van der Waals surface area (Å²) in [6.45, 7) is 19.9. The van der Waals surface area contributed by atoms with Crippen LogP contribution in [0.1, 0.15) is 209 Å². The number of carbonyl (C=O) groups excluding carboxylic acids is 2. The molecule has 0 aromatic rings. The van der Waals surface area contributed by atoms with Crippen LogP contribution in [0.25, 0.3) is 0 Å². The summed E-state index contributed by atoms with van der Waals surface area (Å²) in [6.07, 6.45) is 28.3. The second kappa shape index (κ2) is 31.6. The van der Waals surface area contributed by atoms with Gasteiger partial charge in [-0.25, -0.2) is 0 Å². The summed E-state index contributed by atoms with van der Waals surface area (Å²) in [5.41, 5.74) is -0.383. The molecule has 0 aromatic carbocycles. The minimum absolute atomic E-state index is 0.0224. The van der Waals surface area contributed by atoms with Crippen LogP contribution < -0.4 is 0 Å². The molecule has 49 heavy (non-hydrogen) atoms. The largest absolute Gasteiger partial charge is 0.465 e. The monoisotopic (exact) mass is 696 g/mol. The lowest BCUT2D eigenvalue weighted by Crippen LogP contribution is -2.28. The molecule has 6 heteroatoms. The molecule has 0 heterocycles. The van der Waals surface area contributed by atoms with E-state index in [1.165, 1.54) is 83.5 Å². The van der Waals surface area contributed by atoms with Crippen LogP contribution in [0.2, 0.25) is 0 Å². The maximum atomic E-state index is 12.7. The molecule has 0 spiro atoms. The van der Waals surface area contributed by atoms with Gasteiger partial charge < -0.3 is 19.5 Å². The first kappa shape index (κ1) is 47.9. The molecule has 0 fully saturated rings. The molecule has 0 bridgehead atoms. The maximum Gasteiger partial charge on any atom is 0.311 e. The zero-order valence-corrected chi connectivity index (χ0v) is 34.0. The standard InChI is InChI=1S/C43H85NO5/c1-8-9-10-11-12-15-21-30-40(46)49-38-42(4,5)31-22-19-25-34-44(35-26-27-36-45)33-24-17-16-23-32-43(6,7)41(47)48-37-28-18-13-14-20-29-39(2)3/h39,45H,8-38H2,1-7H3.